The number of rotatable bonds is 8. The minimum absolute atomic E-state index is 0.0110. The van der Waals surface area contributed by atoms with Gasteiger partial charge in [-0.2, -0.15) is 5.26 Å². The van der Waals surface area contributed by atoms with Crippen LogP contribution in [0.25, 0.3) is 28.0 Å². The van der Waals surface area contributed by atoms with Crippen molar-refractivity contribution in [3.05, 3.63) is 83.7 Å². The van der Waals surface area contributed by atoms with E-state index in [-0.39, 0.29) is 5.91 Å². The second kappa shape index (κ2) is 11.8. The summed E-state index contributed by atoms with van der Waals surface area (Å²) in [5, 5.41) is 12.3. The largest absolute Gasteiger partial charge is 0.352 e. The molecule has 1 fully saturated rings. The van der Waals surface area contributed by atoms with Gasteiger partial charge in [0, 0.05) is 23.9 Å². The Labute approximate surface area is 231 Å². The Hall–Kier alpha value is -3.95. The molecule has 0 spiro atoms. The highest BCUT2D eigenvalue weighted by Crippen LogP contribution is 2.29. The van der Waals surface area contributed by atoms with E-state index < -0.39 is 0 Å². The van der Waals surface area contributed by atoms with Crippen molar-refractivity contribution in [2.45, 2.75) is 39.5 Å². The van der Waals surface area contributed by atoms with E-state index in [0.29, 0.717) is 23.0 Å². The molecular weight excluding hydrogens is 482 g/mol. The van der Waals surface area contributed by atoms with Gasteiger partial charge in [0.2, 0.25) is 0 Å². The predicted molar refractivity (Wildman–Crippen MR) is 156 cm³/mol. The van der Waals surface area contributed by atoms with E-state index in [0.717, 1.165) is 60.5 Å². The third kappa shape index (κ3) is 6.21. The molecule has 0 radical (unpaired) electrons. The van der Waals surface area contributed by atoms with Crippen LogP contribution in [0.15, 0.2) is 67.0 Å². The van der Waals surface area contributed by atoms with Crippen molar-refractivity contribution in [2.24, 2.45) is 11.8 Å². The van der Waals surface area contributed by atoms with Crippen molar-refractivity contribution in [3.63, 3.8) is 0 Å². The lowest BCUT2D eigenvalue weighted by Gasteiger charge is -2.28. The Morgan fingerprint density at radius 3 is 2.41 bits per heavy atom. The zero-order valence-corrected chi connectivity index (χ0v) is 23.2. The molecular formula is C33H37N5O. The lowest BCUT2D eigenvalue weighted by atomic mass is 9.94. The molecule has 4 aromatic rings. The molecule has 6 nitrogen and oxygen atoms in total. The smallest absolute Gasteiger partial charge is 0.251 e. The van der Waals surface area contributed by atoms with Gasteiger partial charge in [-0.15, -0.1) is 0 Å². The number of piperidine rings is 1. The maximum Gasteiger partial charge on any atom is 0.251 e. The van der Waals surface area contributed by atoms with Crippen molar-refractivity contribution >= 4 is 11.6 Å². The average molecular weight is 520 g/mol. The first-order valence-corrected chi connectivity index (χ1v) is 14.0. The first kappa shape index (κ1) is 26.6. The van der Waals surface area contributed by atoms with Crippen molar-refractivity contribution in [2.75, 3.05) is 26.7 Å². The molecule has 0 atom stereocenters. The Bertz CT molecular complexity index is 1470. The molecule has 0 bridgehead atoms. The standard InChI is InChI=1S/C33H37N5O/c1-23(2)18-29-19-30(22-38-31(21-36-32(29)38)27-6-4-25(20-34)5-7-27)26-8-10-28(11-9-26)33(39)35-15-12-24-13-16-37(3)17-14-24/h4-11,19,21-24H,12-18H2,1-3H3,(H,35,39). The van der Waals surface area contributed by atoms with E-state index in [1.165, 1.54) is 18.4 Å². The summed E-state index contributed by atoms with van der Waals surface area (Å²) in [6.45, 7) is 7.46. The number of hydrogen-bond donors (Lipinski definition) is 1. The van der Waals surface area contributed by atoms with Crippen LogP contribution >= 0.6 is 0 Å². The third-order valence-corrected chi connectivity index (χ3v) is 7.78. The number of nitrogens with one attached hydrogen (secondary N) is 1. The molecule has 1 N–H and O–H groups in total. The van der Waals surface area contributed by atoms with E-state index in [2.05, 4.69) is 53.8 Å². The summed E-state index contributed by atoms with van der Waals surface area (Å²) in [5.41, 5.74) is 7.62. The van der Waals surface area contributed by atoms with Crippen molar-refractivity contribution in [1.29, 1.82) is 5.26 Å². The van der Waals surface area contributed by atoms with E-state index in [1.807, 2.05) is 54.7 Å². The minimum atomic E-state index is -0.0110. The van der Waals surface area contributed by atoms with E-state index in [9.17, 15) is 10.1 Å². The van der Waals surface area contributed by atoms with Gasteiger partial charge in [0.15, 0.2) is 0 Å². The molecule has 0 saturated carbocycles. The van der Waals surface area contributed by atoms with Crippen molar-refractivity contribution < 1.29 is 4.79 Å². The summed E-state index contributed by atoms with van der Waals surface area (Å²) >= 11 is 0. The average Bonchev–Trinajstić information content (AvgIpc) is 3.38. The van der Waals surface area contributed by atoms with Crippen LogP contribution in [-0.4, -0.2) is 46.9 Å². The van der Waals surface area contributed by atoms with Gasteiger partial charge in [0.1, 0.15) is 5.65 Å². The molecule has 0 unspecified atom stereocenters. The minimum Gasteiger partial charge on any atom is -0.352 e. The molecule has 0 aliphatic carbocycles. The van der Waals surface area contributed by atoms with Crippen LogP contribution in [0.2, 0.25) is 0 Å². The number of amides is 1. The fraction of sp³-hybridized carbons (Fsp3) is 0.364. The van der Waals surface area contributed by atoms with Gasteiger partial charge in [-0.3, -0.25) is 9.20 Å². The second-order valence-electron chi connectivity index (χ2n) is 11.2. The van der Waals surface area contributed by atoms with Gasteiger partial charge < -0.3 is 10.2 Å². The van der Waals surface area contributed by atoms with Crippen molar-refractivity contribution in [1.82, 2.24) is 19.6 Å². The molecule has 1 saturated heterocycles. The van der Waals surface area contributed by atoms with Gasteiger partial charge in [-0.1, -0.05) is 38.1 Å². The number of likely N-dealkylation sites (tertiary alicyclic amines) is 1. The number of fused-ring (bicyclic) bond motifs is 1. The zero-order valence-electron chi connectivity index (χ0n) is 23.2. The fourth-order valence-electron chi connectivity index (χ4n) is 5.49. The van der Waals surface area contributed by atoms with Crippen LogP contribution in [0.5, 0.6) is 0 Å². The quantitative estimate of drug-likeness (QED) is 0.301. The van der Waals surface area contributed by atoms with Crippen LogP contribution in [0, 0.1) is 23.2 Å². The summed E-state index contributed by atoms with van der Waals surface area (Å²) in [4.78, 5) is 19.9. The van der Waals surface area contributed by atoms with Crippen LogP contribution in [-0.2, 0) is 6.42 Å². The monoisotopic (exact) mass is 519 g/mol. The van der Waals surface area contributed by atoms with Gasteiger partial charge in [0.05, 0.1) is 23.5 Å². The number of nitriles is 1. The Morgan fingerprint density at radius 2 is 1.74 bits per heavy atom. The van der Waals surface area contributed by atoms with Crippen LogP contribution in [0.4, 0.5) is 0 Å². The highest BCUT2D eigenvalue weighted by molar-refractivity contribution is 5.94. The topological polar surface area (TPSA) is 73.4 Å². The first-order chi connectivity index (χ1) is 18.9. The lowest BCUT2D eigenvalue weighted by Crippen LogP contribution is -2.32. The van der Waals surface area contributed by atoms with Gasteiger partial charge >= 0.3 is 0 Å². The van der Waals surface area contributed by atoms with E-state index in [4.69, 9.17) is 4.98 Å². The lowest BCUT2D eigenvalue weighted by molar-refractivity contribution is 0.0949. The molecule has 6 heteroatoms. The van der Waals surface area contributed by atoms with Crippen molar-refractivity contribution in [3.8, 4) is 28.5 Å². The summed E-state index contributed by atoms with van der Waals surface area (Å²) in [6, 6.07) is 19.9. The van der Waals surface area contributed by atoms with Gasteiger partial charge in [-0.25, -0.2) is 4.98 Å². The zero-order chi connectivity index (χ0) is 27.4. The first-order valence-electron chi connectivity index (χ1n) is 14.0. The Kier molecular flexibility index (Phi) is 8.09. The fourth-order valence-corrected chi connectivity index (χ4v) is 5.49. The summed E-state index contributed by atoms with van der Waals surface area (Å²) in [7, 11) is 2.18. The van der Waals surface area contributed by atoms with Crippen LogP contribution < -0.4 is 5.32 Å². The molecule has 1 amide bonds. The maximum atomic E-state index is 12.8. The molecule has 1 aliphatic rings. The predicted octanol–water partition coefficient (Wildman–Crippen LogP) is 6.20. The van der Waals surface area contributed by atoms with Crippen LogP contribution in [0.3, 0.4) is 0 Å². The molecule has 5 rings (SSSR count). The number of imidazole rings is 1. The number of carbonyl (C=O) groups excluding carboxylic acids is 1. The molecule has 2 aromatic heterocycles. The summed E-state index contributed by atoms with van der Waals surface area (Å²) in [6.07, 6.45) is 8.42. The molecule has 1 aliphatic heterocycles. The summed E-state index contributed by atoms with van der Waals surface area (Å²) < 4.78 is 2.15. The number of aromatic nitrogens is 2. The highest BCUT2D eigenvalue weighted by Gasteiger charge is 2.17. The number of hydrogen-bond acceptors (Lipinski definition) is 4. The number of nitrogens with zero attached hydrogens (tertiary/aromatic N) is 4. The molecule has 39 heavy (non-hydrogen) atoms. The second-order valence-corrected chi connectivity index (χ2v) is 11.2. The maximum absolute atomic E-state index is 12.8. The summed E-state index contributed by atoms with van der Waals surface area (Å²) in [5.74, 6) is 1.18. The number of pyridine rings is 1. The number of carbonyl (C=O) groups is 1. The Morgan fingerprint density at radius 1 is 1.05 bits per heavy atom. The molecule has 2 aromatic carbocycles. The highest BCUT2D eigenvalue weighted by atomic mass is 16.1. The van der Waals surface area contributed by atoms with Gasteiger partial charge in [0.25, 0.3) is 5.91 Å². The van der Waals surface area contributed by atoms with Gasteiger partial charge in [-0.05, 0) is 105 Å². The van der Waals surface area contributed by atoms with E-state index in [1.54, 1.807) is 0 Å². The number of benzene rings is 2. The Balaban J connectivity index is 1.36. The molecule has 3 heterocycles. The molecule has 200 valence electrons. The van der Waals surface area contributed by atoms with E-state index >= 15 is 0 Å². The normalized spacial score (nSPS) is 14.5. The SMILES string of the molecule is CC(C)Cc1cc(-c2ccc(C(=O)NCCC3CCN(C)CC3)cc2)cn2c(-c3ccc(C#N)cc3)cnc12. The third-order valence-electron chi connectivity index (χ3n) is 7.78. The van der Waals surface area contributed by atoms with Crippen LogP contribution in [0.1, 0.15) is 54.6 Å².